The number of nitrogens with zero attached hydrogens (tertiary/aromatic N) is 1. The van der Waals surface area contributed by atoms with E-state index in [2.05, 4.69) is 5.32 Å². The van der Waals surface area contributed by atoms with Gasteiger partial charge in [-0.25, -0.2) is 16.8 Å². The minimum absolute atomic E-state index is 0.0510. The zero-order chi connectivity index (χ0) is 18.9. The highest BCUT2D eigenvalue weighted by Crippen LogP contribution is 2.26. The van der Waals surface area contributed by atoms with E-state index < -0.39 is 37.9 Å². The average molecular weight is 421 g/mol. The molecule has 1 aromatic rings. The van der Waals surface area contributed by atoms with Crippen molar-refractivity contribution >= 4 is 37.4 Å². The monoisotopic (exact) mass is 420 g/mol. The third-order valence-corrected chi connectivity index (χ3v) is 8.70. The van der Waals surface area contributed by atoms with E-state index in [1.54, 1.807) is 0 Å². The Kier molecular flexibility index (Phi) is 5.62. The van der Waals surface area contributed by atoms with Crippen molar-refractivity contribution in [3.8, 4) is 0 Å². The lowest BCUT2D eigenvalue weighted by molar-refractivity contribution is -0.126. The number of benzene rings is 1. The average Bonchev–Trinajstić information content (AvgIpc) is 2.93. The fourth-order valence-corrected chi connectivity index (χ4v) is 6.86. The number of piperidine rings is 1. The number of hydrogen-bond donors (Lipinski definition) is 1. The van der Waals surface area contributed by atoms with Crippen LogP contribution in [0, 0.1) is 0 Å². The summed E-state index contributed by atoms with van der Waals surface area (Å²) in [5.41, 5.74) is 0. The molecule has 0 aliphatic carbocycles. The predicted octanol–water partition coefficient (Wildman–Crippen LogP) is 1.19. The second kappa shape index (κ2) is 7.46. The summed E-state index contributed by atoms with van der Waals surface area (Å²) in [6.45, 7) is 0.256. The third-order valence-electron chi connectivity index (χ3n) is 4.76. The minimum atomic E-state index is -3.83. The molecule has 1 N–H and O–H groups in total. The zero-order valence-corrected chi connectivity index (χ0v) is 16.5. The first-order valence-corrected chi connectivity index (χ1v) is 12.1. The summed E-state index contributed by atoms with van der Waals surface area (Å²) in [5.74, 6) is -0.463. The van der Waals surface area contributed by atoms with Crippen molar-refractivity contribution in [3.63, 3.8) is 0 Å². The summed E-state index contributed by atoms with van der Waals surface area (Å²) in [6.07, 6.45) is 2.20. The Morgan fingerprint density at radius 1 is 1.15 bits per heavy atom. The van der Waals surface area contributed by atoms with Crippen molar-refractivity contribution in [2.24, 2.45) is 0 Å². The Balaban J connectivity index is 1.79. The maximum atomic E-state index is 13.0. The molecule has 2 atom stereocenters. The molecule has 0 spiro atoms. The highest BCUT2D eigenvalue weighted by Gasteiger charge is 2.39. The van der Waals surface area contributed by atoms with Crippen LogP contribution in [-0.4, -0.2) is 57.2 Å². The number of amides is 1. The van der Waals surface area contributed by atoms with E-state index in [1.807, 2.05) is 0 Å². The number of hydrogen-bond acceptors (Lipinski definition) is 5. The van der Waals surface area contributed by atoms with Crippen LogP contribution >= 0.6 is 11.6 Å². The Morgan fingerprint density at radius 2 is 1.85 bits per heavy atom. The molecule has 1 aromatic carbocycles. The quantitative estimate of drug-likeness (QED) is 0.788. The van der Waals surface area contributed by atoms with E-state index in [-0.39, 0.29) is 22.9 Å². The molecular weight excluding hydrogens is 400 g/mol. The number of nitrogens with one attached hydrogen (secondary N) is 1. The van der Waals surface area contributed by atoms with E-state index in [1.165, 1.54) is 28.6 Å². The number of sulfonamides is 1. The number of rotatable bonds is 4. The summed E-state index contributed by atoms with van der Waals surface area (Å²) < 4.78 is 50.3. The molecular formula is C16H21ClN2O5S2. The van der Waals surface area contributed by atoms with E-state index >= 15 is 0 Å². The minimum Gasteiger partial charge on any atom is -0.351 e. The van der Waals surface area contributed by atoms with E-state index in [0.717, 1.165) is 6.42 Å². The zero-order valence-electron chi connectivity index (χ0n) is 14.1. The molecule has 0 saturated carbocycles. The second-order valence-corrected chi connectivity index (χ2v) is 11.2. The lowest BCUT2D eigenvalue weighted by Crippen LogP contribution is -2.53. The molecule has 0 aromatic heterocycles. The fourth-order valence-electron chi connectivity index (χ4n) is 3.40. The first kappa shape index (κ1) is 19.6. The SMILES string of the molecule is O=C(N[C@H]1CCS(=O)(=O)C1)[C@H]1CCCCN1S(=O)(=O)c1ccc(Cl)cc1. The summed E-state index contributed by atoms with van der Waals surface area (Å²) in [4.78, 5) is 12.8. The summed E-state index contributed by atoms with van der Waals surface area (Å²) in [7, 11) is -6.95. The van der Waals surface area contributed by atoms with Crippen LogP contribution in [0.5, 0.6) is 0 Å². The Bertz CT molecular complexity index is 884. The van der Waals surface area contributed by atoms with Crippen molar-refractivity contribution in [1.82, 2.24) is 9.62 Å². The Hall–Kier alpha value is -1.16. The molecule has 2 aliphatic heterocycles. The van der Waals surface area contributed by atoms with Crippen molar-refractivity contribution < 1.29 is 21.6 Å². The predicted molar refractivity (Wildman–Crippen MR) is 98.2 cm³/mol. The van der Waals surface area contributed by atoms with E-state index in [4.69, 9.17) is 11.6 Å². The molecule has 7 nitrogen and oxygen atoms in total. The van der Waals surface area contributed by atoms with Crippen molar-refractivity contribution in [2.45, 2.75) is 42.7 Å². The van der Waals surface area contributed by atoms with Crippen molar-refractivity contribution in [1.29, 1.82) is 0 Å². The third kappa shape index (κ3) is 4.21. The first-order chi connectivity index (χ1) is 12.2. The first-order valence-electron chi connectivity index (χ1n) is 8.47. The summed E-state index contributed by atoms with van der Waals surface area (Å²) >= 11 is 5.82. The second-order valence-electron chi connectivity index (χ2n) is 6.69. The van der Waals surface area contributed by atoms with Crippen LogP contribution in [0.2, 0.25) is 5.02 Å². The van der Waals surface area contributed by atoms with Crippen LogP contribution in [0.3, 0.4) is 0 Å². The maximum Gasteiger partial charge on any atom is 0.243 e. The maximum absolute atomic E-state index is 13.0. The molecule has 0 unspecified atom stereocenters. The van der Waals surface area contributed by atoms with Gasteiger partial charge in [-0.2, -0.15) is 4.31 Å². The van der Waals surface area contributed by atoms with Crippen molar-refractivity contribution in [2.75, 3.05) is 18.1 Å². The molecule has 0 radical (unpaired) electrons. The van der Waals surface area contributed by atoms with Gasteiger partial charge in [0.05, 0.1) is 16.4 Å². The molecule has 144 valence electrons. The van der Waals surface area contributed by atoms with Crippen LogP contribution in [0.4, 0.5) is 0 Å². The van der Waals surface area contributed by atoms with Gasteiger partial charge in [-0.3, -0.25) is 4.79 Å². The number of sulfone groups is 1. The van der Waals surface area contributed by atoms with Gasteiger partial charge in [0.2, 0.25) is 15.9 Å². The smallest absolute Gasteiger partial charge is 0.243 e. The lowest BCUT2D eigenvalue weighted by atomic mass is 10.0. The number of carbonyl (C=O) groups is 1. The highest BCUT2D eigenvalue weighted by atomic mass is 35.5. The van der Waals surface area contributed by atoms with Gasteiger partial charge in [-0.05, 0) is 43.5 Å². The number of halogens is 1. The molecule has 2 heterocycles. The molecule has 2 saturated heterocycles. The molecule has 26 heavy (non-hydrogen) atoms. The van der Waals surface area contributed by atoms with Gasteiger partial charge >= 0.3 is 0 Å². The standard InChI is InChI=1S/C16H21ClN2O5S2/c17-12-4-6-14(7-5-12)26(23,24)19-9-2-1-3-15(19)16(20)18-13-8-10-25(21,22)11-13/h4-7,13,15H,1-3,8-11H2,(H,18,20)/t13-,15+/m0/s1. The van der Waals surface area contributed by atoms with Gasteiger partial charge < -0.3 is 5.32 Å². The molecule has 2 aliphatic rings. The number of carbonyl (C=O) groups excluding carboxylic acids is 1. The molecule has 0 bridgehead atoms. The van der Waals surface area contributed by atoms with E-state index in [9.17, 15) is 21.6 Å². The van der Waals surface area contributed by atoms with E-state index in [0.29, 0.717) is 24.3 Å². The molecule has 1 amide bonds. The topological polar surface area (TPSA) is 101 Å². The van der Waals surface area contributed by atoms with Gasteiger partial charge in [-0.15, -0.1) is 0 Å². The Morgan fingerprint density at radius 3 is 2.46 bits per heavy atom. The fraction of sp³-hybridized carbons (Fsp3) is 0.562. The molecule has 2 fully saturated rings. The van der Waals surface area contributed by atoms with Gasteiger partial charge in [0.15, 0.2) is 9.84 Å². The van der Waals surface area contributed by atoms with Crippen LogP contribution in [0.1, 0.15) is 25.7 Å². The summed E-state index contributed by atoms with van der Waals surface area (Å²) in [6, 6.07) is 4.56. The largest absolute Gasteiger partial charge is 0.351 e. The van der Waals surface area contributed by atoms with Gasteiger partial charge in [0.25, 0.3) is 0 Å². The highest BCUT2D eigenvalue weighted by molar-refractivity contribution is 7.91. The van der Waals surface area contributed by atoms with Crippen LogP contribution in [0.25, 0.3) is 0 Å². The summed E-state index contributed by atoms with van der Waals surface area (Å²) in [5, 5.41) is 3.15. The van der Waals surface area contributed by atoms with Crippen LogP contribution in [0.15, 0.2) is 29.2 Å². The van der Waals surface area contributed by atoms with Gasteiger partial charge in [0, 0.05) is 17.6 Å². The van der Waals surface area contributed by atoms with Crippen LogP contribution in [-0.2, 0) is 24.7 Å². The molecule has 3 rings (SSSR count). The van der Waals surface area contributed by atoms with Crippen LogP contribution < -0.4 is 5.32 Å². The normalized spacial score (nSPS) is 26.5. The Labute approximate surface area is 158 Å². The molecule has 10 heteroatoms. The van der Waals surface area contributed by atoms with Gasteiger partial charge in [-0.1, -0.05) is 18.0 Å². The van der Waals surface area contributed by atoms with Gasteiger partial charge in [0.1, 0.15) is 6.04 Å². The van der Waals surface area contributed by atoms with Crippen molar-refractivity contribution in [3.05, 3.63) is 29.3 Å². The lowest BCUT2D eigenvalue weighted by Gasteiger charge is -2.34.